The molecule has 8 rings (SSSR count). The average molecular weight is 1100 g/mol. The van der Waals surface area contributed by atoms with Gasteiger partial charge >= 0.3 is 12.1 Å². The van der Waals surface area contributed by atoms with E-state index in [2.05, 4.69) is 35.8 Å². The van der Waals surface area contributed by atoms with Gasteiger partial charge in [-0.05, 0) is 121 Å². The number of alkyl halides is 1. The van der Waals surface area contributed by atoms with Crippen LogP contribution in [0.25, 0.3) is 0 Å². The molecule has 0 radical (unpaired) electrons. The molecular formula is C56H75BrN6O12. The Morgan fingerprint density at radius 2 is 0.867 bits per heavy atom. The van der Waals surface area contributed by atoms with Crippen molar-refractivity contribution in [2.75, 3.05) is 108 Å². The van der Waals surface area contributed by atoms with Crippen molar-refractivity contribution in [3.63, 3.8) is 0 Å². The van der Waals surface area contributed by atoms with Crippen LogP contribution in [0.5, 0.6) is 34.5 Å². The van der Waals surface area contributed by atoms with Gasteiger partial charge in [0, 0.05) is 77.5 Å². The van der Waals surface area contributed by atoms with Crippen molar-refractivity contribution in [3.05, 3.63) is 106 Å². The first-order valence-corrected chi connectivity index (χ1v) is 26.2. The zero-order valence-electron chi connectivity index (χ0n) is 45.3. The highest BCUT2D eigenvalue weighted by Gasteiger charge is 2.58. The van der Waals surface area contributed by atoms with Gasteiger partial charge in [0.1, 0.15) is 45.6 Å². The number of nitrogens with one attached hydrogen (secondary N) is 1. The van der Waals surface area contributed by atoms with Crippen molar-refractivity contribution in [3.8, 4) is 34.5 Å². The third-order valence-corrected chi connectivity index (χ3v) is 14.4. The van der Waals surface area contributed by atoms with Gasteiger partial charge < -0.3 is 48.1 Å². The standard InChI is InChI=1S/C28H37N3O6.C25H31N3O5.C3H7BrO/c1-20-12-21(14-23(13-20)35-3)19-30-26(32)28(31(27(30)33)10-11-34-2)6-8-29(9-7-28)18-22-15-24(36-4)17-25(16-22)37-5;1-17-9-18(11-20(10-17)31-2)16-28-23(29)25(26-24(28)30)5-7-27(8-6-25)15-19-12-21(32-3)14-22(13-19)33-4;1-5-3-2-4/h12-17H,6-11,18-19H2,1-5H3;9-14H,5-8,15-16H2,1-4H3,(H,26,30);2-3H2,1H3. The second kappa shape index (κ2) is 27.1. The number of hydrogen-bond donors (Lipinski definition) is 1. The Hall–Kier alpha value is -6.12. The van der Waals surface area contributed by atoms with Gasteiger partial charge in [0.2, 0.25) is 0 Å². The first-order chi connectivity index (χ1) is 36.1. The van der Waals surface area contributed by atoms with Crippen LogP contribution in [-0.2, 0) is 45.2 Å². The molecule has 4 aromatic carbocycles. The van der Waals surface area contributed by atoms with Crippen LogP contribution in [0.1, 0.15) is 59.1 Å². The van der Waals surface area contributed by atoms with Crippen LogP contribution in [0.3, 0.4) is 0 Å². The van der Waals surface area contributed by atoms with E-state index < -0.39 is 11.1 Å². The molecule has 4 aliphatic rings. The minimum absolute atomic E-state index is 0.128. The molecule has 19 heteroatoms. The SMILES string of the molecule is COCCBr.COCCN1C(=O)N(Cc2cc(C)cc(OC)c2)C(=O)C12CCN(Cc1cc(OC)cc(OC)c1)CC2.COc1cc(C)cc(CN2C(=O)NC3(CCN(Cc4cc(OC)cc(OC)c4)CC3)C2=O)c1. The molecule has 0 unspecified atom stereocenters. The van der Waals surface area contributed by atoms with E-state index in [0.717, 1.165) is 74.9 Å². The molecule has 4 saturated heterocycles. The van der Waals surface area contributed by atoms with Gasteiger partial charge in [0.25, 0.3) is 11.8 Å². The van der Waals surface area contributed by atoms with Crippen LogP contribution in [0.2, 0.25) is 0 Å². The van der Waals surface area contributed by atoms with Gasteiger partial charge in [0.15, 0.2) is 0 Å². The number of urea groups is 2. The predicted octanol–water partition coefficient (Wildman–Crippen LogP) is 7.60. The summed E-state index contributed by atoms with van der Waals surface area (Å²) in [5.41, 5.74) is 4.25. The second-order valence-electron chi connectivity index (χ2n) is 19.1. The molecule has 18 nitrogen and oxygen atoms in total. The molecule has 0 aliphatic carbocycles. The van der Waals surface area contributed by atoms with E-state index in [1.54, 1.807) is 61.8 Å². The maximum atomic E-state index is 13.9. The number of aryl methyl sites for hydroxylation is 2. The van der Waals surface area contributed by atoms with Gasteiger partial charge in [-0.3, -0.25) is 29.2 Å². The number of ether oxygens (including phenoxy) is 8. The molecule has 0 atom stereocenters. The zero-order valence-corrected chi connectivity index (χ0v) is 46.8. The summed E-state index contributed by atoms with van der Waals surface area (Å²) in [6.07, 6.45) is 2.28. The maximum Gasteiger partial charge on any atom is 0.328 e. The lowest BCUT2D eigenvalue weighted by molar-refractivity contribution is -0.136. The molecule has 4 aliphatic heterocycles. The van der Waals surface area contributed by atoms with Crippen LogP contribution in [-0.4, -0.2) is 168 Å². The lowest BCUT2D eigenvalue weighted by Crippen LogP contribution is -2.57. The Bertz CT molecular complexity index is 2540. The van der Waals surface area contributed by atoms with Crippen molar-refractivity contribution in [2.45, 2.75) is 76.8 Å². The average Bonchev–Trinajstić information content (AvgIpc) is 3.75. The van der Waals surface area contributed by atoms with E-state index in [0.29, 0.717) is 83.1 Å². The third-order valence-electron chi connectivity index (χ3n) is 14.1. The number of likely N-dealkylation sites (tertiary alicyclic amines) is 2. The molecule has 1 N–H and O–H groups in total. The number of halogens is 1. The first kappa shape index (κ1) is 58.1. The summed E-state index contributed by atoms with van der Waals surface area (Å²) in [5, 5.41) is 3.93. The molecule has 4 aromatic rings. The number of nitrogens with zero attached hydrogens (tertiary/aromatic N) is 5. The number of imide groups is 2. The molecule has 0 saturated carbocycles. The van der Waals surface area contributed by atoms with Crippen molar-refractivity contribution >= 4 is 39.8 Å². The number of piperidine rings is 2. The Kier molecular flexibility index (Phi) is 21.0. The Labute approximate surface area is 450 Å². The third kappa shape index (κ3) is 14.4. The van der Waals surface area contributed by atoms with Gasteiger partial charge in [-0.1, -0.05) is 28.1 Å². The monoisotopic (exact) mass is 1100 g/mol. The van der Waals surface area contributed by atoms with E-state index in [4.69, 9.17) is 33.2 Å². The molecule has 2 spiro atoms. The lowest BCUT2D eigenvalue weighted by Gasteiger charge is -2.42. The highest BCUT2D eigenvalue weighted by atomic mass is 79.9. The van der Waals surface area contributed by atoms with Gasteiger partial charge in [-0.15, -0.1) is 0 Å². The summed E-state index contributed by atoms with van der Waals surface area (Å²) in [7, 11) is 13.1. The highest BCUT2D eigenvalue weighted by Crippen LogP contribution is 2.39. The van der Waals surface area contributed by atoms with E-state index in [1.807, 2.05) is 86.6 Å². The zero-order chi connectivity index (χ0) is 54.3. The minimum atomic E-state index is -0.855. The van der Waals surface area contributed by atoms with Gasteiger partial charge in [-0.2, -0.15) is 0 Å². The van der Waals surface area contributed by atoms with E-state index in [-0.39, 0.29) is 37.0 Å². The first-order valence-electron chi connectivity index (χ1n) is 25.1. The molecule has 4 fully saturated rings. The molecular weight excluding hydrogens is 1030 g/mol. The van der Waals surface area contributed by atoms with Gasteiger partial charge in [-0.25, -0.2) is 9.59 Å². The van der Waals surface area contributed by atoms with E-state index in [9.17, 15) is 19.2 Å². The molecule has 75 heavy (non-hydrogen) atoms. The Morgan fingerprint density at radius 3 is 1.25 bits per heavy atom. The van der Waals surface area contributed by atoms with Crippen molar-refractivity contribution in [1.29, 1.82) is 0 Å². The van der Waals surface area contributed by atoms with E-state index >= 15 is 0 Å². The van der Waals surface area contributed by atoms with Crippen molar-refractivity contribution in [1.82, 2.24) is 29.8 Å². The summed E-state index contributed by atoms with van der Waals surface area (Å²) in [6, 6.07) is 22.6. The van der Waals surface area contributed by atoms with E-state index in [1.165, 1.54) is 9.80 Å². The summed E-state index contributed by atoms with van der Waals surface area (Å²) in [5.74, 6) is 4.14. The molecule has 0 aromatic heterocycles. The van der Waals surface area contributed by atoms with Crippen molar-refractivity contribution < 1.29 is 57.1 Å². The quantitative estimate of drug-likeness (QED) is 0.0719. The lowest BCUT2D eigenvalue weighted by atomic mass is 9.85. The summed E-state index contributed by atoms with van der Waals surface area (Å²) >= 11 is 3.18. The topological polar surface area (TPSA) is 170 Å². The van der Waals surface area contributed by atoms with Crippen LogP contribution in [0.4, 0.5) is 9.59 Å². The summed E-state index contributed by atoms with van der Waals surface area (Å²) < 4.78 is 42.2. The molecule has 0 bridgehead atoms. The van der Waals surface area contributed by atoms with Crippen LogP contribution < -0.4 is 33.7 Å². The minimum Gasteiger partial charge on any atom is -0.497 e. The Balaban J connectivity index is 0.000000225. The number of methoxy groups -OCH3 is 8. The number of carbonyl (C=O) groups excluding carboxylic acids is 4. The largest absolute Gasteiger partial charge is 0.497 e. The molecule has 408 valence electrons. The fourth-order valence-corrected chi connectivity index (χ4v) is 10.5. The number of carbonyl (C=O) groups is 4. The number of amides is 6. The van der Waals surface area contributed by atoms with Crippen LogP contribution in [0, 0.1) is 13.8 Å². The summed E-state index contributed by atoms with van der Waals surface area (Å²) in [6.45, 7) is 10.2. The second-order valence-corrected chi connectivity index (χ2v) is 19.9. The van der Waals surface area contributed by atoms with Crippen molar-refractivity contribution in [2.24, 2.45) is 0 Å². The fourth-order valence-electron chi connectivity index (χ4n) is 10.2. The highest BCUT2D eigenvalue weighted by molar-refractivity contribution is 9.09. The molecule has 6 amide bonds. The van der Waals surface area contributed by atoms with Crippen LogP contribution in [0.15, 0.2) is 72.8 Å². The predicted molar refractivity (Wildman–Crippen MR) is 288 cm³/mol. The normalized spacial score (nSPS) is 17.1. The Morgan fingerprint density at radius 1 is 0.480 bits per heavy atom. The molecule has 4 heterocycles. The smallest absolute Gasteiger partial charge is 0.328 e. The van der Waals surface area contributed by atoms with Crippen LogP contribution >= 0.6 is 15.9 Å². The number of hydrogen-bond acceptors (Lipinski definition) is 14. The number of benzene rings is 4. The number of rotatable bonds is 19. The van der Waals surface area contributed by atoms with Gasteiger partial charge in [0.05, 0.1) is 69.0 Å². The summed E-state index contributed by atoms with van der Waals surface area (Å²) in [4.78, 5) is 62.6. The fraction of sp³-hybridized carbons (Fsp3) is 0.500. The maximum absolute atomic E-state index is 13.9.